The predicted octanol–water partition coefficient (Wildman–Crippen LogP) is 3.94. The van der Waals surface area contributed by atoms with Crippen LogP contribution in [0.2, 0.25) is 0 Å². The number of aliphatic hydroxyl groups is 3. The molecule has 0 aromatic rings. The fourth-order valence-corrected chi connectivity index (χ4v) is 7.41. The van der Waals surface area contributed by atoms with Crippen molar-refractivity contribution in [3.63, 3.8) is 0 Å². The SMILES string of the molecule is CCC1=CCC(NCCCNC(=O)OC(C)(C)C)C(C2C(NC(=O)OC(C)(C)C)CC(C)C(OC3OCC(C)(O)C(N(C)C(=O)OC(C)(C)C)C3O)C2O)O1. The lowest BCUT2D eigenvalue weighted by Gasteiger charge is -2.51. The highest BCUT2D eigenvalue weighted by Crippen LogP contribution is 2.40. The van der Waals surface area contributed by atoms with Crippen molar-refractivity contribution >= 4 is 18.3 Å². The zero-order chi connectivity index (χ0) is 41.7. The zero-order valence-corrected chi connectivity index (χ0v) is 35.3. The molecule has 3 amide bonds. The molecule has 11 atom stereocenters. The van der Waals surface area contributed by atoms with E-state index in [0.29, 0.717) is 38.8 Å². The number of ether oxygens (including phenoxy) is 6. The first-order chi connectivity index (χ1) is 25.2. The van der Waals surface area contributed by atoms with E-state index in [1.807, 2.05) is 19.9 Å². The van der Waals surface area contributed by atoms with Crippen molar-refractivity contribution < 1.29 is 58.1 Å². The van der Waals surface area contributed by atoms with E-state index >= 15 is 0 Å². The quantitative estimate of drug-likeness (QED) is 0.130. The molecule has 55 heavy (non-hydrogen) atoms. The van der Waals surface area contributed by atoms with Gasteiger partial charge in [-0.2, -0.15) is 0 Å². The molecule has 16 nitrogen and oxygen atoms in total. The lowest BCUT2D eigenvalue weighted by atomic mass is 9.70. The minimum atomic E-state index is -1.66. The van der Waals surface area contributed by atoms with Crippen LogP contribution in [-0.4, -0.2) is 136 Å². The molecule has 2 heterocycles. The lowest BCUT2D eigenvalue weighted by molar-refractivity contribution is -0.308. The highest BCUT2D eigenvalue weighted by Gasteiger charge is 2.55. The van der Waals surface area contributed by atoms with Crippen LogP contribution in [0.5, 0.6) is 0 Å². The van der Waals surface area contributed by atoms with Gasteiger partial charge in [-0.1, -0.05) is 13.8 Å². The molecule has 0 aromatic carbocycles. The Morgan fingerprint density at radius 1 is 0.927 bits per heavy atom. The van der Waals surface area contributed by atoms with Gasteiger partial charge in [0.25, 0.3) is 0 Å². The van der Waals surface area contributed by atoms with E-state index in [1.165, 1.54) is 14.0 Å². The Balaban J connectivity index is 1.88. The van der Waals surface area contributed by atoms with E-state index in [1.54, 1.807) is 62.3 Å². The number of hydrogen-bond acceptors (Lipinski definition) is 13. The minimum absolute atomic E-state index is 0.277. The van der Waals surface area contributed by atoms with E-state index in [0.717, 1.165) is 10.7 Å². The number of aliphatic hydroxyl groups excluding tert-OH is 2. The number of alkyl carbamates (subject to hydrolysis) is 2. The molecule has 6 N–H and O–H groups in total. The number of allylic oxidation sites excluding steroid dienone is 1. The highest BCUT2D eigenvalue weighted by atomic mass is 16.7. The van der Waals surface area contributed by atoms with Crippen LogP contribution in [0, 0.1) is 11.8 Å². The van der Waals surface area contributed by atoms with Gasteiger partial charge in [-0.05, 0) is 107 Å². The normalized spacial score (nSPS) is 33.1. The standard InChI is InChI=1S/C39H70N4O12/c1-14-23-16-17-24(40-18-15-19-41-33(46)53-36(3,4)5)30(51-23)26-25(42-34(47)54-37(6,7)8)20-22(2)29(27(26)44)52-32-28(45)31(39(12,49)21-50-32)43(13)35(48)55-38(9,10)11/h16,22,24-32,40,44-45,49H,14-15,17-21H2,1-13H3,(H,41,46)(H,42,47). The van der Waals surface area contributed by atoms with E-state index in [9.17, 15) is 29.7 Å². The summed E-state index contributed by atoms with van der Waals surface area (Å²) in [5, 5.41) is 44.5. The highest BCUT2D eigenvalue weighted by molar-refractivity contribution is 5.69. The number of rotatable bonds is 11. The topological polar surface area (TPSA) is 207 Å². The van der Waals surface area contributed by atoms with Crippen LogP contribution in [0.4, 0.5) is 14.4 Å². The van der Waals surface area contributed by atoms with E-state index in [-0.39, 0.29) is 18.6 Å². The second-order valence-electron chi connectivity index (χ2n) is 18.4. The van der Waals surface area contributed by atoms with Gasteiger partial charge in [0.15, 0.2) is 6.29 Å². The number of nitrogens with one attached hydrogen (secondary N) is 3. The Morgan fingerprint density at radius 2 is 1.53 bits per heavy atom. The first-order valence-electron chi connectivity index (χ1n) is 19.6. The van der Waals surface area contributed by atoms with Gasteiger partial charge < -0.3 is 64.6 Å². The van der Waals surface area contributed by atoms with Crippen LogP contribution in [0.3, 0.4) is 0 Å². The van der Waals surface area contributed by atoms with Gasteiger partial charge in [0.2, 0.25) is 0 Å². The average Bonchev–Trinajstić information content (AvgIpc) is 3.01. The monoisotopic (exact) mass is 786 g/mol. The summed E-state index contributed by atoms with van der Waals surface area (Å²) in [5.74, 6) is -0.359. The summed E-state index contributed by atoms with van der Waals surface area (Å²) >= 11 is 0. The number of likely N-dealkylation sites (N-methyl/N-ethyl adjacent to an activating group) is 1. The maximum Gasteiger partial charge on any atom is 0.410 e. The van der Waals surface area contributed by atoms with Crippen molar-refractivity contribution in [3.8, 4) is 0 Å². The summed E-state index contributed by atoms with van der Waals surface area (Å²) in [7, 11) is 1.43. The van der Waals surface area contributed by atoms with Crippen molar-refractivity contribution in [2.75, 3.05) is 26.7 Å². The summed E-state index contributed by atoms with van der Waals surface area (Å²) in [4.78, 5) is 39.6. The molecule has 318 valence electrons. The maximum atomic E-state index is 13.2. The van der Waals surface area contributed by atoms with Gasteiger partial charge in [0.1, 0.15) is 34.6 Å². The van der Waals surface area contributed by atoms with Crippen LogP contribution in [0.25, 0.3) is 0 Å². The molecule has 2 fully saturated rings. The minimum Gasteiger partial charge on any atom is -0.493 e. The van der Waals surface area contributed by atoms with Crippen LogP contribution in [0.15, 0.2) is 11.8 Å². The van der Waals surface area contributed by atoms with Crippen molar-refractivity contribution in [1.29, 1.82) is 0 Å². The zero-order valence-electron chi connectivity index (χ0n) is 35.3. The predicted molar refractivity (Wildman–Crippen MR) is 204 cm³/mol. The molecule has 16 heteroatoms. The molecular weight excluding hydrogens is 716 g/mol. The van der Waals surface area contributed by atoms with Gasteiger partial charge >= 0.3 is 18.3 Å². The number of hydrogen-bond donors (Lipinski definition) is 6. The molecule has 3 aliphatic rings. The Kier molecular flexibility index (Phi) is 15.7. The van der Waals surface area contributed by atoms with Gasteiger partial charge in [0, 0.05) is 38.0 Å². The third-order valence-electron chi connectivity index (χ3n) is 9.69. The number of carbonyl (C=O) groups is 3. The van der Waals surface area contributed by atoms with Crippen molar-refractivity contribution in [2.24, 2.45) is 11.8 Å². The van der Waals surface area contributed by atoms with E-state index < -0.39 is 89.4 Å². The summed E-state index contributed by atoms with van der Waals surface area (Å²) in [6, 6.07) is -2.08. The molecule has 3 rings (SSSR count). The van der Waals surface area contributed by atoms with Crippen LogP contribution >= 0.6 is 0 Å². The van der Waals surface area contributed by atoms with Crippen LogP contribution in [-0.2, 0) is 28.4 Å². The molecule has 1 saturated heterocycles. The lowest BCUT2D eigenvalue weighted by Crippen LogP contribution is -2.68. The molecular formula is C39H70N4O12. The smallest absolute Gasteiger partial charge is 0.410 e. The second-order valence-corrected chi connectivity index (χ2v) is 18.4. The van der Waals surface area contributed by atoms with Crippen LogP contribution < -0.4 is 16.0 Å². The molecule has 0 bridgehead atoms. The summed E-state index contributed by atoms with van der Waals surface area (Å²) in [6.45, 7) is 21.8. The fourth-order valence-electron chi connectivity index (χ4n) is 7.41. The largest absolute Gasteiger partial charge is 0.493 e. The Labute approximate surface area is 327 Å². The molecule has 2 aliphatic heterocycles. The van der Waals surface area contributed by atoms with Gasteiger partial charge in [-0.15, -0.1) is 0 Å². The number of amides is 3. The van der Waals surface area contributed by atoms with E-state index in [2.05, 4.69) is 16.0 Å². The third kappa shape index (κ3) is 13.6. The Hall–Kier alpha value is -2.89. The number of nitrogens with zero attached hydrogens (tertiary/aromatic N) is 1. The Bertz CT molecular complexity index is 1320. The fraction of sp³-hybridized carbons (Fsp3) is 0.872. The molecule has 11 unspecified atom stereocenters. The van der Waals surface area contributed by atoms with Crippen LogP contribution in [0.1, 0.15) is 109 Å². The second kappa shape index (κ2) is 18.6. The van der Waals surface area contributed by atoms with Gasteiger partial charge in [0.05, 0.1) is 30.6 Å². The summed E-state index contributed by atoms with van der Waals surface area (Å²) in [6.07, 6.45) is -3.41. The molecule has 0 aromatic heterocycles. The maximum absolute atomic E-state index is 13.2. The van der Waals surface area contributed by atoms with Crippen molar-refractivity contribution in [3.05, 3.63) is 11.8 Å². The summed E-state index contributed by atoms with van der Waals surface area (Å²) in [5.41, 5.74) is -3.85. The Morgan fingerprint density at radius 3 is 2.11 bits per heavy atom. The van der Waals surface area contributed by atoms with Gasteiger partial charge in [-0.25, -0.2) is 14.4 Å². The first-order valence-corrected chi connectivity index (χ1v) is 19.6. The third-order valence-corrected chi connectivity index (χ3v) is 9.69. The van der Waals surface area contributed by atoms with Crippen molar-refractivity contribution in [2.45, 2.75) is 180 Å². The average molecular weight is 787 g/mol. The molecule has 1 aliphatic carbocycles. The molecule has 0 radical (unpaired) electrons. The van der Waals surface area contributed by atoms with Crippen molar-refractivity contribution in [1.82, 2.24) is 20.9 Å². The summed E-state index contributed by atoms with van der Waals surface area (Å²) < 4.78 is 35.4. The van der Waals surface area contributed by atoms with E-state index in [4.69, 9.17) is 28.4 Å². The first kappa shape index (κ1) is 46.5. The molecule has 0 spiro atoms. The number of carbonyl (C=O) groups excluding carboxylic acids is 3. The molecule has 1 saturated carbocycles. The van der Waals surface area contributed by atoms with Gasteiger partial charge in [-0.3, -0.25) is 0 Å².